The van der Waals surface area contributed by atoms with Crippen LogP contribution in [-0.2, 0) is 10.2 Å². The van der Waals surface area contributed by atoms with Crippen LogP contribution in [0.15, 0.2) is 42.6 Å². The van der Waals surface area contributed by atoms with Crippen molar-refractivity contribution in [3.63, 3.8) is 0 Å². The van der Waals surface area contributed by atoms with Gasteiger partial charge >= 0.3 is 0 Å². The number of carbonyl (C=O) groups is 1. The van der Waals surface area contributed by atoms with Gasteiger partial charge in [-0.05, 0) is 44.0 Å². The predicted molar refractivity (Wildman–Crippen MR) is 92.0 cm³/mol. The second-order valence-electron chi connectivity index (χ2n) is 6.55. The Hall–Kier alpha value is -3.16. The number of hydrogen-bond donors (Lipinski definition) is 1. The minimum Gasteiger partial charge on any atom is -0.308 e. The van der Waals surface area contributed by atoms with Crippen molar-refractivity contribution < 1.29 is 18.0 Å². The zero-order valence-corrected chi connectivity index (χ0v) is 14.3. The topological polar surface area (TPSA) is 59.8 Å². The summed E-state index contributed by atoms with van der Waals surface area (Å²) in [6.07, 6.45) is 2.42. The molecule has 1 amide bonds. The molecule has 1 aliphatic carbocycles. The lowest BCUT2D eigenvalue weighted by atomic mass is 10.00. The Bertz CT molecular complexity index is 1040. The van der Waals surface area contributed by atoms with E-state index < -0.39 is 28.8 Å². The van der Waals surface area contributed by atoms with E-state index in [4.69, 9.17) is 0 Å². The van der Waals surface area contributed by atoms with Crippen LogP contribution in [0.25, 0.3) is 5.69 Å². The Labute approximate surface area is 152 Å². The third-order valence-corrected chi connectivity index (χ3v) is 4.66. The van der Waals surface area contributed by atoms with Crippen molar-refractivity contribution in [3.05, 3.63) is 71.4 Å². The van der Waals surface area contributed by atoms with Crippen LogP contribution in [0.3, 0.4) is 0 Å². The van der Waals surface area contributed by atoms with Crippen molar-refractivity contribution in [2.75, 3.05) is 5.32 Å². The maximum absolute atomic E-state index is 14.1. The van der Waals surface area contributed by atoms with Crippen LogP contribution in [0, 0.1) is 24.4 Å². The fraction of sp³-hybridized carbons (Fsp3) is 0.211. The van der Waals surface area contributed by atoms with Crippen LogP contribution in [0.1, 0.15) is 24.2 Å². The Kier molecular flexibility index (Phi) is 3.98. The molecule has 0 saturated heterocycles. The highest BCUT2D eigenvalue weighted by atomic mass is 19.1. The van der Waals surface area contributed by atoms with E-state index in [1.54, 1.807) is 13.0 Å². The molecule has 27 heavy (non-hydrogen) atoms. The van der Waals surface area contributed by atoms with Crippen molar-refractivity contribution in [2.45, 2.75) is 25.2 Å². The third-order valence-electron chi connectivity index (χ3n) is 4.66. The fourth-order valence-electron chi connectivity index (χ4n) is 3.10. The highest BCUT2D eigenvalue weighted by Gasteiger charge is 2.54. The summed E-state index contributed by atoms with van der Waals surface area (Å²) in [6, 6.07) is 7.45. The van der Waals surface area contributed by atoms with E-state index in [1.807, 2.05) is 0 Å². The average molecular weight is 372 g/mol. The van der Waals surface area contributed by atoms with Crippen LogP contribution in [0.2, 0.25) is 0 Å². The molecular weight excluding hydrogens is 357 g/mol. The number of halogens is 3. The standard InChI is InChI=1S/C19H15F3N4O/c1-11-9-16(25-26(11)15-5-4-12(20)10-14(15)22)24-18(27)19(6-7-19)17-13(21)3-2-8-23-17/h2-5,8-10H,6-7H2,1H3,(H,24,25,27). The van der Waals surface area contributed by atoms with Crippen LogP contribution in [0.4, 0.5) is 19.0 Å². The molecule has 1 fully saturated rings. The first-order chi connectivity index (χ1) is 12.9. The molecule has 5 nitrogen and oxygen atoms in total. The third kappa shape index (κ3) is 2.97. The molecule has 0 spiro atoms. The lowest BCUT2D eigenvalue weighted by Crippen LogP contribution is -2.29. The molecule has 3 aromatic rings. The molecule has 8 heteroatoms. The van der Waals surface area contributed by atoms with Crippen molar-refractivity contribution in [1.29, 1.82) is 0 Å². The number of hydrogen-bond acceptors (Lipinski definition) is 3. The highest BCUT2D eigenvalue weighted by Crippen LogP contribution is 2.48. The van der Waals surface area contributed by atoms with Gasteiger partial charge in [0.05, 0.1) is 11.1 Å². The molecule has 0 radical (unpaired) electrons. The van der Waals surface area contributed by atoms with Gasteiger partial charge in [0.1, 0.15) is 17.3 Å². The smallest absolute Gasteiger partial charge is 0.237 e. The number of pyridine rings is 1. The summed E-state index contributed by atoms with van der Waals surface area (Å²) in [5.41, 5.74) is -0.288. The zero-order valence-electron chi connectivity index (χ0n) is 14.3. The monoisotopic (exact) mass is 372 g/mol. The fourth-order valence-corrected chi connectivity index (χ4v) is 3.10. The van der Waals surface area contributed by atoms with E-state index in [-0.39, 0.29) is 17.2 Å². The second kappa shape index (κ2) is 6.22. The first-order valence-electron chi connectivity index (χ1n) is 8.35. The maximum atomic E-state index is 14.1. The number of rotatable bonds is 4. The van der Waals surface area contributed by atoms with E-state index in [2.05, 4.69) is 15.4 Å². The minimum absolute atomic E-state index is 0.0614. The van der Waals surface area contributed by atoms with E-state index >= 15 is 0 Å². The Balaban J connectivity index is 1.61. The quantitative estimate of drug-likeness (QED) is 0.760. The molecule has 1 saturated carbocycles. The molecule has 1 aromatic carbocycles. The Morgan fingerprint density at radius 2 is 1.93 bits per heavy atom. The Morgan fingerprint density at radius 3 is 2.59 bits per heavy atom. The van der Waals surface area contributed by atoms with Crippen LogP contribution < -0.4 is 5.32 Å². The van der Waals surface area contributed by atoms with Gasteiger partial charge in [-0.3, -0.25) is 9.78 Å². The molecular formula is C19H15F3N4O. The number of aryl methyl sites for hydroxylation is 1. The van der Waals surface area contributed by atoms with Gasteiger partial charge in [0.2, 0.25) is 5.91 Å². The van der Waals surface area contributed by atoms with Gasteiger partial charge in [0.15, 0.2) is 11.6 Å². The van der Waals surface area contributed by atoms with Crippen molar-refractivity contribution in [1.82, 2.24) is 14.8 Å². The van der Waals surface area contributed by atoms with Crippen LogP contribution in [-0.4, -0.2) is 20.7 Å². The number of benzene rings is 1. The summed E-state index contributed by atoms with van der Waals surface area (Å²) < 4.78 is 42.5. The highest BCUT2D eigenvalue weighted by molar-refractivity contribution is 6.00. The van der Waals surface area contributed by atoms with E-state index in [0.29, 0.717) is 18.5 Å². The molecule has 0 atom stereocenters. The maximum Gasteiger partial charge on any atom is 0.237 e. The molecule has 138 valence electrons. The number of nitrogens with one attached hydrogen (secondary N) is 1. The predicted octanol–water partition coefficient (Wildman–Crippen LogP) is 3.66. The normalized spacial score (nSPS) is 14.8. The van der Waals surface area contributed by atoms with E-state index in [9.17, 15) is 18.0 Å². The first kappa shape index (κ1) is 17.3. The van der Waals surface area contributed by atoms with Crippen LogP contribution in [0.5, 0.6) is 0 Å². The summed E-state index contributed by atoms with van der Waals surface area (Å²) in [4.78, 5) is 16.7. The molecule has 2 aromatic heterocycles. The zero-order chi connectivity index (χ0) is 19.2. The molecule has 0 unspecified atom stereocenters. The number of amides is 1. The van der Waals surface area contributed by atoms with Gasteiger partial charge < -0.3 is 5.32 Å². The molecule has 0 aliphatic heterocycles. The van der Waals surface area contributed by atoms with Gasteiger partial charge in [-0.1, -0.05) is 0 Å². The SMILES string of the molecule is Cc1cc(NC(=O)C2(c3ncccc3F)CC2)nn1-c1ccc(F)cc1F. The van der Waals surface area contributed by atoms with Gasteiger partial charge in [-0.25, -0.2) is 17.9 Å². The average Bonchev–Trinajstić information content (AvgIpc) is 3.35. The number of carbonyl (C=O) groups excluding carboxylic acids is 1. The number of anilines is 1. The molecule has 2 heterocycles. The van der Waals surface area contributed by atoms with Gasteiger partial charge in [-0.15, -0.1) is 5.10 Å². The number of nitrogens with zero attached hydrogens (tertiary/aromatic N) is 3. The minimum atomic E-state index is -1.01. The summed E-state index contributed by atoms with van der Waals surface area (Å²) >= 11 is 0. The van der Waals surface area contributed by atoms with Gasteiger partial charge in [0.25, 0.3) is 0 Å². The summed E-state index contributed by atoms with van der Waals surface area (Å²) in [6.45, 7) is 1.68. The summed E-state index contributed by atoms with van der Waals surface area (Å²) in [5, 5.41) is 6.83. The van der Waals surface area contributed by atoms with Crippen LogP contribution >= 0.6 is 0 Å². The molecule has 4 rings (SSSR count). The lowest BCUT2D eigenvalue weighted by Gasteiger charge is -2.14. The largest absolute Gasteiger partial charge is 0.308 e. The molecule has 0 bridgehead atoms. The summed E-state index contributed by atoms with van der Waals surface area (Å²) in [7, 11) is 0. The van der Waals surface area contributed by atoms with Gasteiger partial charge in [0, 0.05) is 24.0 Å². The van der Waals surface area contributed by atoms with E-state index in [0.717, 1.165) is 12.1 Å². The Morgan fingerprint density at radius 1 is 1.15 bits per heavy atom. The van der Waals surface area contributed by atoms with Crippen molar-refractivity contribution in [2.24, 2.45) is 0 Å². The van der Waals surface area contributed by atoms with Crippen molar-refractivity contribution in [3.8, 4) is 5.69 Å². The van der Waals surface area contributed by atoms with Crippen molar-refractivity contribution >= 4 is 11.7 Å². The van der Waals surface area contributed by atoms with E-state index in [1.165, 1.54) is 29.1 Å². The van der Waals surface area contributed by atoms with Gasteiger partial charge in [-0.2, -0.15) is 0 Å². The first-order valence-corrected chi connectivity index (χ1v) is 8.35. The number of aromatic nitrogens is 3. The lowest BCUT2D eigenvalue weighted by molar-refractivity contribution is -0.118. The summed E-state index contributed by atoms with van der Waals surface area (Å²) in [5.74, 6) is -2.20. The second-order valence-corrected chi connectivity index (χ2v) is 6.55. The molecule has 1 N–H and O–H groups in total. The molecule has 1 aliphatic rings.